The van der Waals surface area contributed by atoms with Crippen LogP contribution in [0.2, 0.25) is 0 Å². The average molecular weight is 445 g/mol. The van der Waals surface area contributed by atoms with Crippen molar-refractivity contribution in [3.8, 4) is 0 Å². The summed E-state index contributed by atoms with van der Waals surface area (Å²) in [6.07, 6.45) is 5.04. The molecule has 2 aromatic heterocycles. The first kappa shape index (κ1) is 22.2. The second kappa shape index (κ2) is 10.1. The predicted octanol–water partition coefficient (Wildman–Crippen LogP) is 3.90. The lowest BCUT2D eigenvalue weighted by Crippen LogP contribution is -2.33. The van der Waals surface area contributed by atoms with Crippen LogP contribution in [0.1, 0.15) is 33.8 Å². The monoisotopic (exact) mass is 444 g/mol. The number of para-hydroxylation sites is 1. The number of fused-ring (bicyclic) bond motifs is 1. The molecule has 33 heavy (non-hydrogen) atoms. The van der Waals surface area contributed by atoms with E-state index in [4.69, 9.17) is 4.42 Å². The highest BCUT2D eigenvalue weighted by Crippen LogP contribution is 2.31. The molecule has 0 bridgehead atoms. The van der Waals surface area contributed by atoms with E-state index in [0.717, 1.165) is 27.7 Å². The fourth-order valence-corrected chi connectivity index (χ4v) is 3.88. The lowest BCUT2D eigenvalue weighted by atomic mass is 9.90. The van der Waals surface area contributed by atoms with Gasteiger partial charge in [-0.3, -0.25) is 9.59 Å². The molecule has 1 atom stereocenters. The summed E-state index contributed by atoms with van der Waals surface area (Å²) in [5.41, 5.74) is 4.89. The number of benzene rings is 2. The zero-order chi connectivity index (χ0) is 23.2. The van der Waals surface area contributed by atoms with E-state index in [1.165, 1.54) is 12.5 Å². The molecule has 3 N–H and O–H groups in total. The summed E-state index contributed by atoms with van der Waals surface area (Å²) in [4.78, 5) is 29.9. The van der Waals surface area contributed by atoms with E-state index in [-0.39, 0.29) is 30.7 Å². The average Bonchev–Trinajstić information content (AvgIpc) is 3.50. The molecule has 0 saturated heterocycles. The van der Waals surface area contributed by atoms with E-state index in [2.05, 4.69) is 50.8 Å². The van der Waals surface area contributed by atoms with E-state index >= 15 is 0 Å². The Hall–Kier alpha value is -4.00. The van der Waals surface area contributed by atoms with Gasteiger partial charge in [0.25, 0.3) is 5.91 Å². The Morgan fingerprint density at radius 1 is 1.03 bits per heavy atom. The number of nitrogens with one attached hydrogen (secondary N) is 3. The van der Waals surface area contributed by atoms with Crippen molar-refractivity contribution in [3.05, 3.63) is 90.0 Å². The van der Waals surface area contributed by atoms with Crippen LogP contribution in [0.4, 0.5) is 5.69 Å². The molecule has 0 fully saturated rings. The summed E-state index contributed by atoms with van der Waals surface area (Å²) in [6.45, 7) is 0.711. The number of hydrogen-bond donors (Lipinski definition) is 3. The van der Waals surface area contributed by atoms with E-state index in [1.807, 2.05) is 38.5 Å². The van der Waals surface area contributed by atoms with Crippen molar-refractivity contribution < 1.29 is 14.0 Å². The highest BCUT2D eigenvalue weighted by Gasteiger charge is 2.19. The summed E-state index contributed by atoms with van der Waals surface area (Å²) in [5.74, 6) is -0.381. The molecule has 0 aliphatic rings. The molecule has 0 saturated carbocycles. The van der Waals surface area contributed by atoms with Gasteiger partial charge in [-0.25, -0.2) is 0 Å². The van der Waals surface area contributed by atoms with Crippen LogP contribution in [0.25, 0.3) is 10.9 Å². The van der Waals surface area contributed by atoms with Gasteiger partial charge in [0.2, 0.25) is 5.91 Å². The van der Waals surface area contributed by atoms with Gasteiger partial charge in [-0.05, 0) is 35.4 Å². The number of H-pyrrole nitrogens is 1. The lowest BCUT2D eigenvalue weighted by molar-refractivity contribution is -0.120. The second-order valence-corrected chi connectivity index (χ2v) is 8.15. The molecule has 1 unspecified atom stereocenters. The summed E-state index contributed by atoms with van der Waals surface area (Å²) < 4.78 is 4.91. The zero-order valence-electron chi connectivity index (χ0n) is 18.8. The first-order chi connectivity index (χ1) is 16.0. The maximum absolute atomic E-state index is 12.5. The van der Waals surface area contributed by atoms with Crippen LogP contribution in [-0.4, -0.2) is 44.0 Å². The molecule has 0 radical (unpaired) electrons. The number of aromatic amines is 1. The Morgan fingerprint density at radius 3 is 2.55 bits per heavy atom. The Labute approximate surface area is 192 Å². The maximum Gasteiger partial charge on any atom is 0.254 e. The summed E-state index contributed by atoms with van der Waals surface area (Å²) in [6, 6.07) is 18.1. The van der Waals surface area contributed by atoms with Gasteiger partial charge in [-0.1, -0.05) is 30.3 Å². The van der Waals surface area contributed by atoms with Gasteiger partial charge in [0.15, 0.2) is 0 Å². The highest BCUT2D eigenvalue weighted by molar-refractivity contribution is 5.94. The van der Waals surface area contributed by atoms with Gasteiger partial charge < -0.3 is 24.9 Å². The first-order valence-corrected chi connectivity index (χ1v) is 10.9. The topological polar surface area (TPSA) is 90.4 Å². The van der Waals surface area contributed by atoms with E-state index in [0.29, 0.717) is 12.1 Å². The highest BCUT2D eigenvalue weighted by atomic mass is 16.3. The number of furan rings is 1. The lowest BCUT2D eigenvalue weighted by Gasteiger charge is -2.20. The minimum absolute atomic E-state index is 0.0122. The third-order valence-corrected chi connectivity index (χ3v) is 5.73. The maximum atomic E-state index is 12.5. The van der Waals surface area contributed by atoms with Gasteiger partial charge >= 0.3 is 0 Å². The van der Waals surface area contributed by atoms with Crippen LogP contribution >= 0.6 is 0 Å². The predicted molar refractivity (Wildman–Crippen MR) is 130 cm³/mol. The fraction of sp³-hybridized carbons (Fsp3) is 0.231. The zero-order valence-corrected chi connectivity index (χ0v) is 18.8. The SMILES string of the molecule is CN(C)c1ccc(C(CNC(=O)CCNC(=O)c2ccoc2)c2c[nH]c3ccccc23)cc1. The van der Waals surface area contributed by atoms with Crippen molar-refractivity contribution in [3.63, 3.8) is 0 Å². The quantitative estimate of drug-likeness (QED) is 0.365. The van der Waals surface area contributed by atoms with E-state index in [9.17, 15) is 9.59 Å². The van der Waals surface area contributed by atoms with Gasteiger partial charge in [0.05, 0.1) is 11.8 Å². The Balaban J connectivity index is 1.44. The number of aromatic nitrogens is 1. The molecular formula is C26H28N4O3. The van der Waals surface area contributed by atoms with Crippen LogP contribution < -0.4 is 15.5 Å². The number of carbonyl (C=O) groups excluding carboxylic acids is 2. The molecule has 2 amide bonds. The van der Waals surface area contributed by atoms with Crippen molar-refractivity contribution in [2.45, 2.75) is 12.3 Å². The number of anilines is 1. The molecule has 0 aliphatic carbocycles. The Morgan fingerprint density at radius 2 is 1.82 bits per heavy atom. The van der Waals surface area contributed by atoms with Crippen LogP contribution in [-0.2, 0) is 4.79 Å². The van der Waals surface area contributed by atoms with Crippen LogP contribution in [0, 0.1) is 0 Å². The van der Waals surface area contributed by atoms with Gasteiger partial charge in [-0.15, -0.1) is 0 Å². The third-order valence-electron chi connectivity index (χ3n) is 5.73. The summed E-state index contributed by atoms with van der Waals surface area (Å²) >= 11 is 0. The van der Waals surface area contributed by atoms with Crippen molar-refractivity contribution >= 4 is 28.4 Å². The van der Waals surface area contributed by atoms with Crippen LogP contribution in [0.3, 0.4) is 0 Å². The van der Waals surface area contributed by atoms with Crippen molar-refractivity contribution in [2.75, 3.05) is 32.1 Å². The minimum Gasteiger partial charge on any atom is -0.472 e. The molecular weight excluding hydrogens is 416 g/mol. The van der Waals surface area contributed by atoms with Gasteiger partial charge in [0, 0.05) is 62.3 Å². The first-order valence-electron chi connectivity index (χ1n) is 10.9. The largest absolute Gasteiger partial charge is 0.472 e. The molecule has 2 aromatic carbocycles. The molecule has 7 nitrogen and oxygen atoms in total. The standard InChI is InChI=1S/C26H28N4O3/c1-30(2)20-9-7-18(8-10-20)22(23-16-28-24-6-4-3-5-21(23)24)15-29-25(31)11-13-27-26(32)19-12-14-33-17-19/h3-10,12,14,16-17,22,28H,11,13,15H2,1-2H3,(H,27,32)(H,29,31). The van der Waals surface area contributed by atoms with Gasteiger partial charge in [-0.2, -0.15) is 0 Å². The number of nitrogens with zero attached hydrogens (tertiary/aromatic N) is 1. The van der Waals surface area contributed by atoms with Crippen molar-refractivity contribution in [1.29, 1.82) is 0 Å². The normalized spacial score (nSPS) is 11.8. The molecule has 2 heterocycles. The number of amides is 2. The molecule has 0 aliphatic heterocycles. The molecule has 4 rings (SSSR count). The Kier molecular flexibility index (Phi) is 6.78. The summed E-state index contributed by atoms with van der Waals surface area (Å²) in [7, 11) is 4.02. The third kappa shape index (κ3) is 5.26. The van der Waals surface area contributed by atoms with E-state index in [1.54, 1.807) is 6.07 Å². The van der Waals surface area contributed by atoms with E-state index < -0.39 is 0 Å². The van der Waals surface area contributed by atoms with Crippen molar-refractivity contribution in [1.82, 2.24) is 15.6 Å². The van der Waals surface area contributed by atoms with Crippen molar-refractivity contribution in [2.24, 2.45) is 0 Å². The Bertz CT molecular complexity index is 1210. The molecule has 7 heteroatoms. The smallest absolute Gasteiger partial charge is 0.254 e. The second-order valence-electron chi connectivity index (χ2n) is 8.15. The number of hydrogen-bond acceptors (Lipinski definition) is 4. The molecule has 4 aromatic rings. The van der Waals surface area contributed by atoms with Gasteiger partial charge in [0.1, 0.15) is 6.26 Å². The summed E-state index contributed by atoms with van der Waals surface area (Å²) in [5, 5.41) is 6.92. The number of rotatable bonds is 9. The number of carbonyl (C=O) groups is 2. The fourth-order valence-electron chi connectivity index (χ4n) is 3.88. The molecule has 170 valence electrons. The van der Waals surface area contributed by atoms with Crippen LogP contribution in [0.5, 0.6) is 0 Å². The van der Waals surface area contributed by atoms with Crippen LogP contribution in [0.15, 0.2) is 77.7 Å². The molecule has 0 spiro atoms. The minimum atomic E-state index is -0.255.